The maximum Gasteiger partial charge on any atom is 0.414 e. The van der Waals surface area contributed by atoms with Crippen LogP contribution in [0.2, 0.25) is 0 Å². The van der Waals surface area contributed by atoms with Gasteiger partial charge in [-0.25, -0.2) is 4.79 Å². The molecule has 0 saturated carbocycles. The number of hydrogen-bond acceptors (Lipinski definition) is 3. The number of nitrogens with one attached hydrogen (secondary N) is 1. The van der Waals surface area contributed by atoms with Crippen molar-refractivity contribution < 1.29 is 9.53 Å². The van der Waals surface area contributed by atoms with Gasteiger partial charge in [-0.15, -0.1) is 0 Å². The van der Waals surface area contributed by atoms with E-state index < -0.39 is 0 Å². The van der Waals surface area contributed by atoms with Crippen LogP contribution in [-0.2, 0) is 4.74 Å². The van der Waals surface area contributed by atoms with E-state index in [1.165, 1.54) is 0 Å². The summed E-state index contributed by atoms with van der Waals surface area (Å²) in [5.41, 5.74) is 3.24. The van der Waals surface area contributed by atoms with Crippen molar-refractivity contribution in [2.75, 3.05) is 31.6 Å². The smallest absolute Gasteiger partial charge is 0.414 e. The van der Waals surface area contributed by atoms with Crippen LogP contribution in [0.1, 0.15) is 17.5 Å². The van der Waals surface area contributed by atoms with E-state index >= 15 is 0 Å². The molecule has 0 aliphatic carbocycles. The number of nitrogens with zero attached hydrogens (tertiary/aromatic N) is 1. The Morgan fingerprint density at radius 2 is 2.05 bits per heavy atom. The van der Waals surface area contributed by atoms with Gasteiger partial charge in [-0.2, -0.15) is 0 Å². The van der Waals surface area contributed by atoms with E-state index in [0.29, 0.717) is 12.5 Å². The minimum absolute atomic E-state index is 0.224. The predicted molar refractivity (Wildman–Crippen MR) is 76.6 cm³/mol. The zero-order valence-electron chi connectivity index (χ0n) is 11.9. The molecule has 1 aromatic rings. The number of carbonyl (C=O) groups is 1. The Labute approximate surface area is 114 Å². The fourth-order valence-corrected chi connectivity index (χ4v) is 2.59. The van der Waals surface area contributed by atoms with Gasteiger partial charge in [-0.1, -0.05) is 18.2 Å². The molecule has 0 radical (unpaired) electrons. The molecule has 0 bridgehead atoms. The third kappa shape index (κ3) is 3.07. The van der Waals surface area contributed by atoms with Crippen molar-refractivity contribution in [3.63, 3.8) is 0 Å². The predicted octanol–water partition coefficient (Wildman–Crippen LogP) is 2.49. The summed E-state index contributed by atoms with van der Waals surface area (Å²) in [7, 11) is 1.94. The molecule has 1 unspecified atom stereocenters. The van der Waals surface area contributed by atoms with Gasteiger partial charge in [0, 0.05) is 12.5 Å². The molecule has 4 heteroatoms. The lowest BCUT2D eigenvalue weighted by atomic mass is 10.0. The highest BCUT2D eigenvalue weighted by atomic mass is 16.6. The average Bonchev–Trinajstić information content (AvgIpc) is 2.39. The standard InChI is InChI=1S/C15H22N2O2/c1-11-5-4-6-12(2)14(11)17-9-13(7-8-16-3)10-19-15(17)18/h4-6,13,16H,7-10H2,1-3H3. The largest absolute Gasteiger partial charge is 0.449 e. The SMILES string of the molecule is CNCCC1COC(=O)N(c2c(C)cccc2C)C1. The zero-order chi connectivity index (χ0) is 13.8. The molecule has 1 aliphatic rings. The van der Waals surface area contributed by atoms with E-state index in [1.807, 2.05) is 39.1 Å². The van der Waals surface area contributed by atoms with Crippen molar-refractivity contribution in [1.82, 2.24) is 5.32 Å². The second kappa shape index (κ2) is 6.06. The molecular formula is C15H22N2O2. The van der Waals surface area contributed by atoms with Crippen molar-refractivity contribution in [2.24, 2.45) is 5.92 Å². The molecule has 1 amide bonds. The molecule has 104 valence electrons. The Morgan fingerprint density at radius 3 is 2.68 bits per heavy atom. The number of hydrogen-bond donors (Lipinski definition) is 1. The van der Waals surface area contributed by atoms with Gasteiger partial charge < -0.3 is 10.1 Å². The molecular weight excluding hydrogens is 240 g/mol. The van der Waals surface area contributed by atoms with Crippen LogP contribution < -0.4 is 10.2 Å². The molecule has 1 fully saturated rings. The minimum atomic E-state index is -0.224. The van der Waals surface area contributed by atoms with Crippen molar-refractivity contribution >= 4 is 11.8 Å². The van der Waals surface area contributed by atoms with Gasteiger partial charge in [0.25, 0.3) is 0 Å². The van der Waals surface area contributed by atoms with Gasteiger partial charge in [0.1, 0.15) is 0 Å². The summed E-state index contributed by atoms with van der Waals surface area (Å²) in [6.45, 7) is 6.29. The van der Waals surface area contributed by atoms with Crippen molar-refractivity contribution in [1.29, 1.82) is 0 Å². The van der Waals surface area contributed by atoms with Gasteiger partial charge >= 0.3 is 6.09 Å². The molecule has 1 saturated heterocycles. The molecule has 1 aromatic carbocycles. The van der Waals surface area contributed by atoms with E-state index in [2.05, 4.69) is 5.32 Å². The highest BCUT2D eigenvalue weighted by molar-refractivity contribution is 5.90. The molecule has 4 nitrogen and oxygen atoms in total. The first-order valence-electron chi connectivity index (χ1n) is 6.78. The Bertz CT molecular complexity index is 439. The van der Waals surface area contributed by atoms with Gasteiger partial charge in [-0.05, 0) is 45.0 Å². The summed E-state index contributed by atoms with van der Waals surface area (Å²) >= 11 is 0. The van der Waals surface area contributed by atoms with E-state index in [1.54, 1.807) is 4.90 Å². The van der Waals surface area contributed by atoms with Gasteiger partial charge in [0.05, 0.1) is 12.3 Å². The fraction of sp³-hybridized carbons (Fsp3) is 0.533. The minimum Gasteiger partial charge on any atom is -0.449 e. The lowest BCUT2D eigenvalue weighted by Crippen LogP contribution is -2.44. The zero-order valence-corrected chi connectivity index (χ0v) is 11.9. The van der Waals surface area contributed by atoms with Crippen LogP contribution in [0.15, 0.2) is 18.2 Å². The molecule has 0 spiro atoms. The number of para-hydroxylation sites is 1. The molecule has 1 aliphatic heterocycles. The van der Waals surface area contributed by atoms with E-state index in [4.69, 9.17) is 4.74 Å². The number of benzene rings is 1. The Hall–Kier alpha value is -1.55. The Balaban J connectivity index is 2.19. The van der Waals surface area contributed by atoms with E-state index in [-0.39, 0.29) is 6.09 Å². The average molecular weight is 262 g/mol. The Morgan fingerprint density at radius 1 is 1.37 bits per heavy atom. The Kier molecular flexibility index (Phi) is 4.43. The quantitative estimate of drug-likeness (QED) is 0.906. The van der Waals surface area contributed by atoms with Crippen molar-refractivity contribution in [3.05, 3.63) is 29.3 Å². The molecule has 2 rings (SSSR count). The first kappa shape index (κ1) is 13.9. The molecule has 1 heterocycles. The monoisotopic (exact) mass is 262 g/mol. The normalized spacial score (nSPS) is 19.4. The lowest BCUT2D eigenvalue weighted by Gasteiger charge is -2.34. The van der Waals surface area contributed by atoms with Crippen LogP contribution in [-0.4, -0.2) is 32.8 Å². The van der Waals surface area contributed by atoms with Crippen LogP contribution in [0.25, 0.3) is 0 Å². The third-order valence-electron chi connectivity index (χ3n) is 3.62. The van der Waals surface area contributed by atoms with Crippen LogP contribution in [0, 0.1) is 19.8 Å². The summed E-state index contributed by atoms with van der Waals surface area (Å²) in [4.78, 5) is 13.8. The first-order chi connectivity index (χ1) is 9.13. The van der Waals surface area contributed by atoms with E-state index in [0.717, 1.165) is 36.3 Å². The van der Waals surface area contributed by atoms with Crippen molar-refractivity contribution in [2.45, 2.75) is 20.3 Å². The topological polar surface area (TPSA) is 41.6 Å². The second-order valence-electron chi connectivity index (χ2n) is 5.19. The number of rotatable bonds is 4. The van der Waals surface area contributed by atoms with Crippen LogP contribution in [0.3, 0.4) is 0 Å². The number of cyclic esters (lactones) is 1. The summed E-state index contributed by atoms with van der Waals surface area (Å²) in [5, 5.41) is 3.14. The van der Waals surface area contributed by atoms with Crippen LogP contribution in [0.4, 0.5) is 10.5 Å². The third-order valence-corrected chi connectivity index (χ3v) is 3.62. The maximum absolute atomic E-state index is 12.0. The summed E-state index contributed by atoms with van der Waals surface area (Å²) in [5.74, 6) is 0.393. The summed E-state index contributed by atoms with van der Waals surface area (Å²) < 4.78 is 5.32. The summed E-state index contributed by atoms with van der Waals surface area (Å²) in [6.07, 6.45) is 0.795. The first-order valence-corrected chi connectivity index (χ1v) is 6.78. The number of anilines is 1. The lowest BCUT2D eigenvalue weighted by molar-refractivity contribution is 0.112. The van der Waals surface area contributed by atoms with Gasteiger partial charge in [-0.3, -0.25) is 4.90 Å². The highest BCUT2D eigenvalue weighted by Gasteiger charge is 2.29. The fourth-order valence-electron chi connectivity index (χ4n) is 2.59. The maximum atomic E-state index is 12.0. The van der Waals surface area contributed by atoms with Gasteiger partial charge in [0.2, 0.25) is 0 Å². The van der Waals surface area contributed by atoms with E-state index in [9.17, 15) is 4.79 Å². The second-order valence-corrected chi connectivity index (χ2v) is 5.19. The van der Waals surface area contributed by atoms with Gasteiger partial charge in [0.15, 0.2) is 0 Å². The van der Waals surface area contributed by atoms with Crippen molar-refractivity contribution in [3.8, 4) is 0 Å². The number of carbonyl (C=O) groups excluding carboxylic acids is 1. The molecule has 0 aromatic heterocycles. The highest BCUT2D eigenvalue weighted by Crippen LogP contribution is 2.28. The number of aryl methyl sites for hydroxylation is 2. The van der Waals surface area contributed by atoms with Crippen LogP contribution >= 0.6 is 0 Å². The molecule has 1 N–H and O–H groups in total. The number of amides is 1. The molecule has 19 heavy (non-hydrogen) atoms. The molecule has 1 atom stereocenters. The van der Waals surface area contributed by atoms with Crippen LogP contribution in [0.5, 0.6) is 0 Å². The number of ether oxygens (including phenoxy) is 1. The summed E-state index contributed by atoms with van der Waals surface area (Å²) in [6, 6.07) is 6.08.